The number of para-hydroxylation sites is 1. The molecule has 0 spiro atoms. The summed E-state index contributed by atoms with van der Waals surface area (Å²) >= 11 is 0. The van der Waals surface area contributed by atoms with Gasteiger partial charge in [-0.15, -0.1) is 0 Å². The lowest BCUT2D eigenvalue weighted by molar-refractivity contribution is 0.0669. The fraction of sp³-hybridized carbons (Fsp3) is 0.312. The number of aryl methyl sites for hydroxylation is 1. The molecule has 1 aliphatic heterocycles. The lowest BCUT2D eigenvalue weighted by Gasteiger charge is -2.36. The van der Waals surface area contributed by atoms with Gasteiger partial charge in [0.25, 0.3) is 5.91 Å². The van der Waals surface area contributed by atoms with Crippen LogP contribution in [0.5, 0.6) is 0 Å². The van der Waals surface area contributed by atoms with Crippen molar-refractivity contribution in [3.8, 4) is 0 Å². The number of piperazine rings is 1. The van der Waals surface area contributed by atoms with Crippen molar-refractivity contribution in [2.45, 2.75) is 0 Å². The van der Waals surface area contributed by atoms with Crippen LogP contribution in [-0.2, 0) is 7.05 Å². The maximum Gasteiger partial charge on any atom is 0.339 e. The van der Waals surface area contributed by atoms with E-state index in [0.29, 0.717) is 13.1 Å². The molecule has 1 aromatic heterocycles. The zero-order valence-corrected chi connectivity index (χ0v) is 12.8. The molecule has 1 saturated heterocycles. The third-order valence-electron chi connectivity index (χ3n) is 4.06. The molecule has 1 aliphatic rings. The number of carboxylic acid groups (broad SMARTS) is 1. The number of hydrogen-bond donors (Lipinski definition) is 1. The highest BCUT2D eigenvalue weighted by Gasteiger charge is 2.28. The largest absolute Gasteiger partial charge is 0.478 e. The van der Waals surface area contributed by atoms with Crippen LogP contribution in [0.2, 0.25) is 0 Å². The van der Waals surface area contributed by atoms with E-state index in [0.717, 1.165) is 18.8 Å². The molecule has 2 aromatic rings. The van der Waals surface area contributed by atoms with Gasteiger partial charge in [0.05, 0.1) is 6.20 Å². The summed E-state index contributed by atoms with van der Waals surface area (Å²) in [6.45, 7) is 2.54. The van der Waals surface area contributed by atoms with Crippen LogP contribution in [0.3, 0.4) is 0 Å². The lowest BCUT2D eigenvalue weighted by Crippen LogP contribution is -2.49. The number of carbonyl (C=O) groups excluding carboxylic acids is 1. The fourth-order valence-electron chi connectivity index (χ4n) is 2.80. The Kier molecular flexibility index (Phi) is 4.01. The first kappa shape index (κ1) is 15.1. The number of carbonyl (C=O) groups is 2. The number of benzene rings is 1. The van der Waals surface area contributed by atoms with E-state index in [4.69, 9.17) is 0 Å². The van der Waals surface area contributed by atoms with Gasteiger partial charge in [-0.1, -0.05) is 18.2 Å². The summed E-state index contributed by atoms with van der Waals surface area (Å²) in [6, 6.07) is 10.0. The summed E-state index contributed by atoms with van der Waals surface area (Å²) in [5.74, 6) is -1.42. The van der Waals surface area contributed by atoms with E-state index in [1.165, 1.54) is 10.9 Å². The number of hydrogen-bond acceptors (Lipinski definition) is 4. The van der Waals surface area contributed by atoms with E-state index in [2.05, 4.69) is 10.00 Å². The SMILES string of the molecule is Cn1ncc(C(=O)O)c1C(=O)N1CCN(c2ccccc2)CC1. The maximum absolute atomic E-state index is 12.6. The molecule has 7 nitrogen and oxygen atoms in total. The van der Waals surface area contributed by atoms with E-state index in [-0.39, 0.29) is 17.2 Å². The molecule has 3 rings (SSSR count). The molecule has 0 saturated carbocycles. The Labute approximate surface area is 133 Å². The highest BCUT2D eigenvalue weighted by Crippen LogP contribution is 2.18. The minimum Gasteiger partial charge on any atom is -0.478 e. The Bertz CT molecular complexity index is 718. The topological polar surface area (TPSA) is 78.7 Å². The molecule has 1 fully saturated rings. The molecule has 120 valence electrons. The van der Waals surface area contributed by atoms with Gasteiger partial charge in [-0.2, -0.15) is 5.10 Å². The number of rotatable bonds is 3. The van der Waals surface area contributed by atoms with Crippen LogP contribution >= 0.6 is 0 Å². The van der Waals surface area contributed by atoms with Crippen LogP contribution in [-0.4, -0.2) is 57.8 Å². The molecule has 0 bridgehead atoms. The average molecular weight is 314 g/mol. The molecular formula is C16H18N4O3. The fourth-order valence-corrected chi connectivity index (χ4v) is 2.80. The molecule has 0 unspecified atom stereocenters. The number of aromatic nitrogens is 2. The maximum atomic E-state index is 12.6. The van der Waals surface area contributed by atoms with Crippen molar-refractivity contribution in [3.63, 3.8) is 0 Å². The van der Waals surface area contributed by atoms with E-state index in [9.17, 15) is 14.7 Å². The molecule has 23 heavy (non-hydrogen) atoms. The van der Waals surface area contributed by atoms with Crippen LogP contribution in [0.4, 0.5) is 5.69 Å². The van der Waals surface area contributed by atoms with Gasteiger partial charge in [-0.3, -0.25) is 9.48 Å². The van der Waals surface area contributed by atoms with Crippen LogP contribution in [0, 0.1) is 0 Å². The Morgan fingerprint density at radius 1 is 1.09 bits per heavy atom. The van der Waals surface area contributed by atoms with Crippen molar-refractivity contribution >= 4 is 17.6 Å². The average Bonchev–Trinajstić information content (AvgIpc) is 2.97. The number of amides is 1. The Morgan fingerprint density at radius 2 is 1.74 bits per heavy atom. The number of carboxylic acids is 1. The monoisotopic (exact) mass is 314 g/mol. The normalized spacial score (nSPS) is 14.8. The van der Waals surface area contributed by atoms with Crippen molar-refractivity contribution in [2.75, 3.05) is 31.1 Å². The van der Waals surface area contributed by atoms with Crippen molar-refractivity contribution in [3.05, 3.63) is 47.8 Å². The van der Waals surface area contributed by atoms with E-state index in [1.807, 2.05) is 30.3 Å². The molecule has 2 heterocycles. The van der Waals surface area contributed by atoms with Crippen molar-refractivity contribution < 1.29 is 14.7 Å². The van der Waals surface area contributed by atoms with Gasteiger partial charge in [0.2, 0.25) is 0 Å². The summed E-state index contributed by atoms with van der Waals surface area (Å²) in [6.07, 6.45) is 1.22. The molecule has 1 amide bonds. The first-order valence-electron chi connectivity index (χ1n) is 7.42. The van der Waals surface area contributed by atoms with Gasteiger partial charge in [-0.05, 0) is 12.1 Å². The smallest absolute Gasteiger partial charge is 0.339 e. The minimum atomic E-state index is -1.13. The summed E-state index contributed by atoms with van der Waals surface area (Å²) in [4.78, 5) is 27.8. The van der Waals surface area contributed by atoms with Crippen molar-refractivity contribution in [1.82, 2.24) is 14.7 Å². The lowest BCUT2D eigenvalue weighted by atomic mass is 10.2. The minimum absolute atomic E-state index is 0.0528. The summed E-state index contributed by atoms with van der Waals surface area (Å²) in [5, 5.41) is 13.1. The summed E-state index contributed by atoms with van der Waals surface area (Å²) in [7, 11) is 1.58. The third kappa shape index (κ3) is 2.90. The molecule has 0 atom stereocenters. The quantitative estimate of drug-likeness (QED) is 0.917. The number of anilines is 1. The van der Waals surface area contributed by atoms with Gasteiger partial charge in [0.1, 0.15) is 11.3 Å². The Hall–Kier alpha value is -2.83. The summed E-state index contributed by atoms with van der Waals surface area (Å²) < 4.78 is 1.33. The standard InChI is InChI=1S/C16H18N4O3/c1-18-14(13(11-17-18)16(22)23)15(21)20-9-7-19(8-10-20)12-5-3-2-4-6-12/h2-6,11H,7-10H2,1H3,(H,22,23). The first-order chi connectivity index (χ1) is 11.1. The van der Waals surface area contributed by atoms with Gasteiger partial charge in [0.15, 0.2) is 0 Å². The van der Waals surface area contributed by atoms with Crippen LogP contribution in [0.1, 0.15) is 20.8 Å². The highest BCUT2D eigenvalue weighted by molar-refractivity contribution is 6.03. The zero-order valence-electron chi connectivity index (χ0n) is 12.8. The molecule has 1 N–H and O–H groups in total. The predicted octanol–water partition coefficient (Wildman–Crippen LogP) is 1.08. The molecule has 1 aromatic carbocycles. The third-order valence-corrected chi connectivity index (χ3v) is 4.06. The highest BCUT2D eigenvalue weighted by atomic mass is 16.4. The second kappa shape index (κ2) is 6.12. The molecule has 7 heteroatoms. The van der Waals surface area contributed by atoms with Crippen molar-refractivity contribution in [1.29, 1.82) is 0 Å². The van der Waals surface area contributed by atoms with Gasteiger partial charge in [0, 0.05) is 38.9 Å². The van der Waals surface area contributed by atoms with Crippen molar-refractivity contribution in [2.24, 2.45) is 7.05 Å². The van der Waals surface area contributed by atoms with Gasteiger partial charge >= 0.3 is 5.97 Å². The van der Waals surface area contributed by atoms with Gasteiger partial charge < -0.3 is 14.9 Å². The number of nitrogens with zero attached hydrogens (tertiary/aromatic N) is 4. The zero-order chi connectivity index (χ0) is 16.4. The first-order valence-corrected chi connectivity index (χ1v) is 7.42. The van der Waals surface area contributed by atoms with E-state index in [1.54, 1.807) is 11.9 Å². The van der Waals surface area contributed by atoms with E-state index >= 15 is 0 Å². The molecule has 0 aliphatic carbocycles. The van der Waals surface area contributed by atoms with Crippen LogP contribution in [0.15, 0.2) is 36.5 Å². The second-order valence-electron chi connectivity index (χ2n) is 5.45. The Morgan fingerprint density at radius 3 is 2.35 bits per heavy atom. The summed E-state index contributed by atoms with van der Waals surface area (Å²) in [5.41, 5.74) is 1.21. The molecule has 0 radical (unpaired) electrons. The Balaban J connectivity index is 1.72. The second-order valence-corrected chi connectivity index (χ2v) is 5.45. The molecular weight excluding hydrogens is 296 g/mol. The number of aromatic carboxylic acids is 1. The van der Waals surface area contributed by atoms with Crippen LogP contribution < -0.4 is 4.90 Å². The predicted molar refractivity (Wildman–Crippen MR) is 84.7 cm³/mol. The van der Waals surface area contributed by atoms with Gasteiger partial charge in [-0.25, -0.2) is 4.79 Å². The van der Waals surface area contributed by atoms with E-state index < -0.39 is 5.97 Å². The van der Waals surface area contributed by atoms with Crippen LogP contribution in [0.25, 0.3) is 0 Å².